The Balaban J connectivity index is 2.12. The summed E-state index contributed by atoms with van der Waals surface area (Å²) in [7, 11) is 0. The number of benzene rings is 1. The van der Waals surface area contributed by atoms with Crippen LogP contribution in [-0.4, -0.2) is 12.1 Å². The van der Waals surface area contributed by atoms with Crippen LogP contribution in [0.4, 0.5) is 29.3 Å². The second-order valence-corrected chi connectivity index (χ2v) is 4.53. The van der Waals surface area contributed by atoms with E-state index < -0.39 is 17.8 Å². The van der Waals surface area contributed by atoms with Crippen LogP contribution in [0, 0.1) is 0 Å². The number of anilines is 2. The van der Waals surface area contributed by atoms with Gasteiger partial charge < -0.3 is 16.4 Å². The topological polar surface area (TPSA) is 67.1 Å². The Bertz CT molecular complexity index is 484. The molecule has 0 aliphatic heterocycles. The number of rotatable bonds is 2. The van der Waals surface area contributed by atoms with Crippen molar-refractivity contribution in [3.05, 3.63) is 23.8 Å². The molecule has 1 aliphatic rings. The third-order valence-electron chi connectivity index (χ3n) is 3.04. The normalized spacial score (nSPS) is 15.7. The van der Waals surface area contributed by atoms with Gasteiger partial charge in [-0.1, -0.05) is 0 Å². The lowest BCUT2D eigenvalue weighted by atomic mass is 9.93. The van der Waals surface area contributed by atoms with E-state index in [1.807, 2.05) is 0 Å². The van der Waals surface area contributed by atoms with Gasteiger partial charge in [0.15, 0.2) is 0 Å². The first-order chi connectivity index (χ1) is 8.86. The van der Waals surface area contributed by atoms with Crippen LogP contribution < -0.4 is 16.4 Å². The smallest absolute Gasteiger partial charge is 0.399 e. The summed E-state index contributed by atoms with van der Waals surface area (Å²) in [6.07, 6.45) is -1.81. The van der Waals surface area contributed by atoms with E-state index in [0.717, 1.165) is 31.4 Å². The van der Waals surface area contributed by atoms with Gasteiger partial charge in [-0.2, -0.15) is 13.2 Å². The molecular weight excluding hydrogens is 259 g/mol. The molecule has 1 aromatic carbocycles. The molecule has 1 fully saturated rings. The maximum Gasteiger partial charge on any atom is 0.418 e. The second-order valence-electron chi connectivity index (χ2n) is 4.53. The highest BCUT2D eigenvalue weighted by Gasteiger charge is 2.34. The average Bonchev–Trinajstić information content (AvgIpc) is 2.25. The van der Waals surface area contributed by atoms with Crippen LogP contribution in [0.1, 0.15) is 24.8 Å². The highest BCUT2D eigenvalue weighted by atomic mass is 19.4. The van der Waals surface area contributed by atoms with Crippen molar-refractivity contribution in [2.75, 3.05) is 11.1 Å². The summed E-state index contributed by atoms with van der Waals surface area (Å²) in [6.45, 7) is 0. The summed E-state index contributed by atoms with van der Waals surface area (Å²) in [4.78, 5) is 11.6. The van der Waals surface area contributed by atoms with E-state index in [1.165, 1.54) is 6.07 Å². The van der Waals surface area contributed by atoms with Gasteiger partial charge in [-0.05, 0) is 37.5 Å². The Morgan fingerprint density at radius 3 is 2.53 bits per heavy atom. The minimum absolute atomic E-state index is 0.00252. The molecule has 0 saturated heterocycles. The van der Waals surface area contributed by atoms with Gasteiger partial charge in [-0.15, -0.1) is 0 Å². The van der Waals surface area contributed by atoms with Crippen molar-refractivity contribution in [2.24, 2.45) is 0 Å². The summed E-state index contributed by atoms with van der Waals surface area (Å²) in [5, 5.41) is 4.83. The van der Waals surface area contributed by atoms with Crippen LogP contribution in [0.15, 0.2) is 18.2 Å². The Labute approximate surface area is 108 Å². The van der Waals surface area contributed by atoms with Crippen molar-refractivity contribution in [1.29, 1.82) is 0 Å². The molecule has 7 heteroatoms. The lowest BCUT2D eigenvalue weighted by Gasteiger charge is -2.26. The Kier molecular flexibility index (Phi) is 3.55. The zero-order valence-electron chi connectivity index (χ0n) is 10.1. The average molecular weight is 273 g/mol. The first-order valence-corrected chi connectivity index (χ1v) is 5.90. The molecule has 2 rings (SSSR count). The zero-order valence-corrected chi connectivity index (χ0v) is 10.1. The summed E-state index contributed by atoms with van der Waals surface area (Å²) in [5.41, 5.74) is 4.09. The molecule has 2 amide bonds. The Morgan fingerprint density at radius 1 is 1.32 bits per heavy atom. The van der Waals surface area contributed by atoms with Gasteiger partial charge in [0.1, 0.15) is 0 Å². The maximum absolute atomic E-state index is 12.8. The lowest BCUT2D eigenvalue weighted by Crippen LogP contribution is -2.42. The van der Waals surface area contributed by atoms with Crippen molar-refractivity contribution in [3.63, 3.8) is 0 Å². The van der Waals surface area contributed by atoms with Gasteiger partial charge in [0, 0.05) is 11.7 Å². The third-order valence-corrected chi connectivity index (χ3v) is 3.04. The molecule has 104 valence electrons. The minimum atomic E-state index is -4.56. The number of carbonyl (C=O) groups excluding carboxylic acids is 1. The third kappa shape index (κ3) is 3.30. The zero-order chi connectivity index (χ0) is 14.0. The molecule has 0 radical (unpaired) electrons. The molecule has 19 heavy (non-hydrogen) atoms. The van der Waals surface area contributed by atoms with Gasteiger partial charge in [-0.3, -0.25) is 0 Å². The number of nitrogens with one attached hydrogen (secondary N) is 2. The molecule has 4 nitrogen and oxygen atoms in total. The van der Waals surface area contributed by atoms with Gasteiger partial charge in [-0.25, -0.2) is 4.79 Å². The molecule has 1 aliphatic carbocycles. The number of urea groups is 1. The van der Waals surface area contributed by atoms with E-state index in [-0.39, 0.29) is 17.4 Å². The Hall–Kier alpha value is -1.92. The van der Waals surface area contributed by atoms with E-state index in [2.05, 4.69) is 10.6 Å². The highest BCUT2D eigenvalue weighted by molar-refractivity contribution is 5.90. The first-order valence-electron chi connectivity index (χ1n) is 5.90. The number of amides is 2. The Morgan fingerprint density at radius 2 is 2.00 bits per heavy atom. The standard InChI is InChI=1S/C12H14F3N3O/c13-12(14,15)9-6-7(16)4-5-10(9)18-11(19)17-8-2-1-3-8/h4-6,8H,1-3,16H2,(H2,17,18,19). The highest BCUT2D eigenvalue weighted by Crippen LogP contribution is 2.36. The molecule has 0 bridgehead atoms. The molecule has 0 atom stereocenters. The van der Waals surface area contributed by atoms with Crippen LogP contribution in [0.5, 0.6) is 0 Å². The molecule has 0 unspecified atom stereocenters. The van der Waals surface area contributed by atoms with E-state index in [0.29, 0.717) is 0 Å². The van der Waals surface area contributed by atoms with Crippen LogP contribution >= 0.6 is 0 Å². The number of halogens is 3. The summed E-state index contributed by atoms with van der Waals surface area (Å²) in [5.74, 6) is 0. The number of nitrogens with two attached hydrogens (primary N) is 1. The molecule has 1 aromatic rings. The number of alkyl halides is 3. The van der Waals surface area contributed by atoms with Crippen molar-refractivity contribution in [2.45, 2.75) is 31.5 Å². The maximum atomic E-state index is 12.8. The quantitative estimate of drug-likeness (QED) is 0.725. The van der Waals surface area contributed by atoms with Crippen molar-refractivity contribution < 1.29 is 18.0 Å². The van der Waals surface area contributed by atoms with Crippen molar-refractivity contribution >= 4 is 17.4 Å². The first kappa shape index (κ1) is 13.5. The molecule has 0 aromatic heterocycles. The molecule has 0 heterocycles. The molecule has 0 spiro atoms. The van der Waals surface area contributed by atoms with Crippen LogP contribution in [-0.2, 0) is 6.18 Å². The van der Waals surface area contributed by atoms with Crippen molar-refractivity contribution in [3.8, 4) is 0 Å². The SMILES string of the molecule is Nc1ccc(NC(=O)NC2CCC2)c(C(F)(F)F)c1. The van der Waals surface area contributed by atoms with Gasteiger partial charge in [0.05, 0.1) is 11.3 Å². The van der Waals surface area contributed by atoms with E-state index >= 15 is 0 Å². The minimum Gasteiger partial charge on any atom is -0.399 e. The monoisotopic (exact) mass is 273 g/mol. The summed E-state index contributed by atoms with van der Waals surface area (Å²) in [6, 6.07) is 2.70. The van der Waals surface area contributed by atoms with E-state index in [1.54, 1.807) is 0 Å². The van der Waals surface area contributed by atoms with Gasteiger partial charge >= 0.3 is 12.2 Å². The molecule has 1 saturated carbocycles. The van der Waals surface area contributed by atoms with Crippen molar-refractivity contribution in [1.82, 2.24) is 5.32 Å². The molecular formula is C12H14F3N3O. The predicted octanol–water partition coefficient (Wildman–Crippen LogP) is 2.96. The summed E-state index contributed by atoms with van der Waals surface area (Å²) >= 11 is 0. The number of nitrogen functional groups attached to an aromatic ring is 1. The second kappa shape index (κ2) is 4.99. The summed E-state index contributed by atoms with van der Waals surface area (Å²) < 4.78 is 38.4. The molecule has 4 N–H and O–H groups in total. The van der Waals surface area contributed by atoms with E-state index in [4.69, 9.17) is 5.73 Å². The van der Waals surface area contributed by atoms with Crippen LogP contribution in [0.2, 0.25) is 0 Å². The van der Waals surface area contributed by atoms with Crippen LogP contribution in [0.25, 0.3) is 0 Å². The fourth-order valence-corrected chi connectivity index (χ4v) is 1.80. The number of carbonyl (C=O) groups is 1. The fraction of sp³-hybridized carbons (Fsp3) is 0.417. The number of hydrogen-bond acceptors (Lipinski definition) is 2. The van der Waals surface area contributed by atoms with E-state index in [9.17, 15) is 18.0 Å². The number of hydrogen-bond donors (Lipinski definition) is 3. The lowest BCUT2D eigenvalue weighted by molar-refractivity contribution is -0.136. The van der Waals surface area contributed by atoms with Gasteiger partial charge in [0.25, 0.3) is 0 Å². The van der Waals surface area contributed by atoms with Gasteiger partial charge in [0.2, 0.25) is 0 Å². The fourth-order valence-electron chi connectivity index (χ4n) is 1.80. The largest absolute Gasteiger partial charge is 0.418 e. The predicted molar refractivity (Wildman–Crippen MR) is 65.6 cm³/mol. The van der Waals surface area contributed by atoms with Crippen LogP contribution in [0.3, 0.4) is 0 Å².